The molecule has 2 heterocycles. The van der Waals surface area contributed by atoms with Crippen molar-refractivity contribution < 1.29 is 4.42 Å². The van der Waals surface area contributed by atoms with E-state index < -0.39 is 0 Å². The number of thioether (sulfide) groups is 1. The highest BCUT2D eigenvalue weighted by Gasteiger charge is 2.16. The standard InChI is InChI=1S/C24H25N3O2S/c1-4-5-14-27-23(28)19-12-8-9-13-20(19)26-24(27)30-15-21-17(3)29-22(25-21)18-11-7-6-10-16(18)2/h6-13H,4-5,14-15H2,1-3H3. The second-order valence-electron chi connectivity index (χ2n) is 7.35. The van der Waals surface area contributed by atoms with Gasteiger partial charge in [0.05, 0.1) is 16.6 Å². The first-order valence-corrected chi connectivity index (χ1v) is 11.2. The molecule has 0 N–H and O–H groups in total. The van der Waals surface area contributed by atoms with Crippen LogP contribution in [0.3, 0.4) is 0 Å². The number of aromatic nitrogens is 3. The van der Waals surface area contributed by atoms with E-state index in [0.717, 1.165) is 46.1 Å². The van der Waals surface area contributed by atoms with Gasteiger partial charge in [0.2, 0.25) is 5.89 Å². The molecule has 0 radical (unpaired) electrons. The highest BCUT2D eigenvalue weighted by atomic mass is 32.2. The van der Waals surface area contributed by atoms with Crippen LogP contribution in [0.15, 0.2) is 62.9 Å². The fourth-order valence-corrected chi connectivity index (χ4v) is 4.42. The summed E-state index contributed by atoms with van der Waals surface area (Å²) in [5.41, 5.74) is 3.76. The van der Waals surface area contributed by atoms with Crippen molar-refractivity contribution in [1.29, 1.82) is 0 Å². The van der Waals surface area contributed by atoms with Gasteiger partial charge in [0.25, 0.3) is 5.56 Å². The molecular weight excluding hydrogens is 394 g/mol. The summed E-state index contributed by atoms with van der Waals surface area (Å²) in [7, 11) is 0. The molecule has 0 amide bonds. The Kier molecular flexibility index (Phi) is 6.04. The van der Waals surface area contributed by atoms with Crippen LogP contribution in [-0.2, 0) is 12.3 Å². The van der Waals surface area contributed by atoms with Gasteiger partial charge in [0.1, 0.15) is 5.76 Å². The SMILES string of the molecule is CCCCn1c(SCc2nc(-c3ccccc3C)oc2C)nc2ccccc2c1=O. The Balaban J connectivity index is 1.65. The van der Waals surface area contributed by atoms with Gasteiger partial charge >= 0.3 is 0 Å². The zero-order valence-corrected chi connectivity index (χ0v) is 18.3. The summed E-state index contributed by atoms with van der Waals surface area (Å²) in [6.45, 7) is 6.78. The number of rotatable bonds is 7. The Morgan fingerprint density at radius 3 is 2.60 bits per heavy atom. The molecule has 0 atom stereocenters. The summed E-state index contributed by atoms with van der Waals surface area (Å²) in [6, 6.07) is 15.6. The molecule has 0 saturated heterocycles. The summed E-state index contributed by atoms with van der Waals surface area (Å²) in [4.78, 5) is 22.5. The average molecular weight is 420 g/mol. The van der Waals surface area contributed by atoms with E-state index in [1.165, 1.54) is 11.8 Å². The van der Waals surface area contributed by atoms with Crippen LogP contribution in [0, 0.1) is 13.8 Å². The first kappa shape index (κ1) is 20.4. The molecule has 2 aromatic heterocycles. The smallest absolute Gasteiger partial charge is 0.262 e. The van der Waals surface area contributed by atoms with Gasteiger partial charge in [-0.3, -0.25) is 9.36 Å². The van der Waals surface area contributed by atoms with Crippen LogP contribution < -0.4 is 5.56 Å². The third-order valence-corrected chi connectivity index (χ3v) is 6.16. The number of hydrogen-bond acceptors (Lipinski definition) is 5. The second-order valence-corrected chi connectivity index (χ2v) is 8.29. The molecule has 2 aromatic carbocycles. The van der Waals surface area contributed by atoms with E-state index in [9.17, 15) is 4.79 Å². The maximum absolute atomic E-state index is 13.0. The molecular formula is C24H25N3O2S. The predicted octanol–water partition coefficient (Wildman–Crippen LogP) is 5.76. The van der Waals surface area contributed by atoms with Crippen LogP contribution >= 0.6 is 11.8 Å². The largest absolute Gasteiger partial charge is 0.441 e. The number of aryl methyl sites for hydroxylation is 2. The molecule has 0 bridgehead atoms. The van der Waals surface area contributed by atoms with Gasteiger partial charge in [-0.15, -0.1) is 0 Å². The average Bonchev–Trinajstić information content (AvgIpc) is 3.12. The topological polar surface area (TPSA) is 60.9 Å². The summed E-state index contributed by atoms with van der Waals surface area (Å²) in [6.07, 6.45) is 1.96. The molecule has 4 rings (SSSR count). The summed E-state index contributed by atoms with van der Waals surface area (Å²) in [5.74, 6) is 2.03. The van der Waals surface area contributed by atoms with Crippen molar-refractivity contribution in [3.05, 3.63) is 75.9 Å². The van der Waals surface area contributed by atoms with Crippen molar-refractivity contribution in [2.45, 2.75) is 51.1 Å². The third kappa shape index (κ3) is 4.05. The van der Waals surface area contributed by atoms with Gasteiger partial charge in [0.15, 0.2) is 5.16 Å². The van der Waals surface area contributed by atoms with Gasteiger partial charge in [-0.05, 0) is 44.0 Å². The van der Waals surface area contributed by atoms with E-state index in [4.69, 9.17) is 14.4 Å². The van der Waals surface area contributed by atoms with Crippen molar-refractivity contribution in [2.24, 2.45) is 0 Å². The molecule has 6 heteroatoms. The Labute approximate surface area is 180 Å². The number of unbranched alkanes of at least 4 members (excludes halogenated alkanes) is 1. The van der Waals surface area contributed by atoms with Gasteiger partial charge in [-0.1, -0.05) is 55.4 Å². The lowest BCUT2D eigenvalue weighted by Crippen LogP contribution is -2.23. The maximum atomic E-state index is 13.0. The molecule has 0 fully saturated rings. The van der Waals surface area contributed by atoms with Gasteiger partial charge < -0.3 is 4.42 Å². The molecule has 0 saturated carbocycles. The van der Waals surface area contributed by atoms with Crippen molar-refractivity contribution in [2.75, 3.05) is 0 Å². The Hall–Kier alpha value is -2.86. The summed E-state index contributed by atoms with van der Waals surface area (Å²) in [5, 5.41) is 1.39. The number of nitrogens with zero attached hydrogens (tertiary/aromatic N) is 3. The third-order valence-electron chi connectivity index (χ3n) is 5.17. The zero-order valence-electron chi connectivity index (χ0n) is 17.5. The molecule has 154 valence electrons. The lowest BCUT2D eigenvalue weighted by Gasteiger charge is -2.12. The highest BCUT2D eigenvalue weighted by Crippen LogP contribution is 2.28. The van der Waals surface area contributed by atoms with E-state index >= 15 is 0 Å². The number of fused-ring (bicyclic) bond motifs is 1. The molecule has 30 heavy (non-hydrogen) atoms. The van der Waals surface area contributed by atoms with Gasteiger partial charge in [0, 0.05) is 17.9 Å². The van der Waals surface area contributed by atoms with E-state index in [-0.39, 0.29) is 5.56 Å². The van der Waals surface area contributed by atoms with Gasteiger partial charge in [-0.25, -0.2) is 9.97 Å². The minimum Gasteiger partial charge on any atom is -0.441 e. The highest BCUT2D eigenvalue weighted by molar-refractivity contribution is 7.98. The molecule has 0 spiro atoms. The van der Waals surface area contributed by atoms with Crippen molar-refractivity contribution in [3.63, 3.8) is 0 Å². The van der Waals surface area contributed by atoms with Crippen molar-refractivity contribution in [3.8, 4) is 11.5 Å². The lowest BCUT2D eigenvalue weighted by atomic mass is 10.1. The minimum absolute atomic E-state index is 0.0222. The van der Waals surface area contributed by atoms with Crippen LogP contribution in [0.2, 0.25) is 0 Å². The van der Waals surface area contributed by atoms with Gasteiger partial charge in [-0.2, -0.15) is 0 Å². The number of hydrogen-bond donors (Lipinski definition) is 0. The molecule has 4 aromatic rings. The molecule has 0 aliphatic heterocycles. The van der Waals surface area contributed by atoms with Crippen molar-refractivity contribution in [1.82, 2.24) is 14.5 Å². The lowest BCUT2D eigenvalue weighted by molar-refractivity contribution is 0.540. The van der Waals surface area contributed by atoms with Crippen LogP contribution in [-0.4, -0.2) is 14.5 Å². The Bertz CT molecular complexity index is 1240. The first-order valence-electron chi connectivity index (χ1n) is 10.2. The number of oxazole rings is 1. The second kappa shape index (κ2) is 8.88. The molecule has 0 aliphatic rings. The number of benzene rings is 2. The van der Waals surface area contributed by atoms with Crippen LogP contribution in [0.5, 0.6) is 0 Å². The summed E-state index contributed by atoms with van der Waals surface area (Å²) >= 11 is 1.54. The van der Waals surface area contributed by atoms with Crippen LogP contribution in [0.25, 0.3) is 22.4 Å². The Morgan fingerprint density at radius 1 is 1.03 bits per heavy atom. The van der Waals surface area contributed by atoms with Crippen LogP contribution in [0.1, 0.15) is 36.8 Å². The fourth-order valence-electron chi connectivity index (χ4n) is 3.39. The molecule has 5 nitrogen and oxygen atoms in total. The summed E-state index contributed by atoms with van der Waals surface area (Å²) < 4.78 is 7.75. The monoisotopic (exact) mass is 419 g/mol. The first-order chi connectivity index (χ1) is 14.6. The Morgan fingerprint density at radius 2 is 1.80 bits per heavy atom. The van der Waals surface area contributed by atoms with Crippen LogP contribution in [0.4, 0.5) is 0 Å². The van der Waals surface area contributed by atoms with E-state index in [1.807, 2.05) is 49.4 Å². The van der Waals surface area contributed by atoms with E-state index in [2.05, 4.69) is 19.9 Å². The molecule has 0 unspecified atom stereocenters. The fraction of sp³-hybridized carbons (Fsp3) is 0.292. The zero-order chi connectivity index (χ0) is 21.1. The predicted molar refractivity (Wildman–Crippen MR) is 122 cm³/mol. The quantitative estimate of drug-likeness (QED) is 0.281. The molecule has 0 aliphatic carbocycles. The minimum atomic E-state index is 0.0222. The van der Waals surface area contributed by atoms with E-state index in [0.29, 0.717) is 23.6 Å². The maximum Gasteiger partial charge on any atom is 0.262 e. The number of para-hydroxylation sites is 1. The van der Waals surface area contributed by atoms with E-state index in [1.54, 1.807) is 4.57 Å². The van der Waals surface area contributed by atoms with Crippen molar-refractivity contribution >= 4 is 22.7 Å². The normalized spacial score (nSPS) is 11.3.